The van der Waals surface area contributed by atoms with E-state index in [1.807, 2.05) is 23.3 Å². The van der Waals surface area contributed by atoms with E-state index in [4.69, 9.17) is 14.2 Å². The van der Waals surface area contributed by atoms with Gasteiger partial charge in [-0.05, 0) is 79.0 Å². The van der Waals surface area contributed by atoms with Gasteiger partial charge < -0.3 is 29.7 Å². The van der Waals surface area contributed by atoms with Crippen molar-refractivity contribution in [2.45, 2.75) is 51.1 Å². The molecule has 10 heteroatoms. The predicted molar refractivity (Wildman–Crippen MR) is 159 cm³/mol. The first-order valence-corrected chi connectivity index (χ1v) is 15.0. The van der Waals surface area contributed by atoms with Gasteiger partial charge in [-0.2, -0.15) is 11.8 Å². The Bertz CT molecular complexity index is 1310. The van der Waals surface area contributed by atoms with Crippen LogP contribution in [-0.4, -0.2) is 69.2 Å². The number of benzene rings is 1. The number of anilines is 1. The monoisotopic (exact) mass is 569 g/mol. The van der Waals surface area contributed by atoms with Gasteiger partial charge in [0.05, 0.1) is 33.1 Å². The molecular weight excluding hydrogens is 530 g/mol. The zero-order chi connectivity index (χ0) is 28.8. The number of carbonyl (C=O) groups is 2. The maximum Gasteiger partial charge on any atom is 0.245 e. The van der Waals surface area contributed by atoms with Gasteiger partial charge in [0.2, 0.25) is 23.0 Å². The summed E-state index contributed by atoms with van der Waals surface area (Å²) in [4.78, 5) is 41.1. The number of methoxy groups -OCH3 is 3. The van der Waals surface area contributed by atoms with Gasteiger partial charge >= 0.3 is 0 Å². The van der Waals surface area contributed by atoms with Crippen molar-refractivity contribution in [3.63, 3.8) is 0 Å². The molecule has 1 fully saturated rings. The molecule has 2 aromatic carbocycles. The summed E-state index contributed by atoms with van der Waals surface area (Å²) in [6.07, 6.45) is 5.81. The molecule has 2 aliphatic rings. The van der Waals surface area contributed by atoms with Crippen LogP contribution < -0.4 is 30.3 Å². The number of ether oxygens (including phenoxy) is 3. The number of likely N-dealkylation sites (tertiary alicyclic amines) is 1. The van der Waals surface area contributed by atoms with Crippen LogP contribution in [0.2, 0.25) is 0 Å². The summed E-state index contributed by atoms with van der Waals surface area (Å²) in [7, 11) is 4.70. The minimum absolute atomic E-state index is 0.0268. The molecule has 0 saturated carbocycles. The van der Waals surface area contributed by atoms with Crippen LogP contribution in [0.15, 0.2) is 29.1 Å². The van der Waals surface area contributed by atoms with E-state index >= 15 is 0 Å². The van der Waals surface area contributed by atoms with Gasteiger partial charge in [0.15, 0.2) is 11.5 Å². The summed E-state index contributed by atoms with van der Waals surface area (Å²) in [6.45, 7) is 2.97. The van der Waals surface area contributed by atoms with Gasteiger partial charge in [-0.25, -0.2) is 0 Å². The smallest absolute Gasteiger partial charge is 0.245 e. The number of fused-ring (bicyclic) bond motifs is 3. The summed E-state index contributed by atoms with van der Waals surface area (Å²) in [5, 5.41) is 6.31. The van der Waals surface area contributed by atoms with Gasteiger partial charge in [-0.15, -0.1) is 0 Å². The van der Waals surface area contributed by atoms with Crippen molar-refractivity contribution in [3.8, 4) is 28.4 Å². The molecule has 40 heavy (non-hydrogen) atoms. The molecule has 1 aliphatic carbocycles. The third-order valence-corrected chi connectivity index (χ3v) is 8.22. The summed E-state index contributed by atoms with van der Waals surface area (Å²) in [5.41, 5.74) is 3.28. The maximum absolute atomic E-state index is 13.7. The molecule has 216 valence electrons. The first-order chi connectivity index (χ1) is 19.3. The topological polar surface area (TPSA) is 106 Å². The van der Waals surface area contributed by atoms with E-state index in [0.717, 1.165) is 48.4 Å². The van der Waals surface area contributed by atoms with Crippen LogP contribution in [0.4, 0.5) is 5.69 Å². The van der Waals surface area contributed by atoms with Crippen LogP contribution in [-0.2, 0) is 16.0 Å². The fourth-order valence-electron chi connectivity index (χ4n) is 5.67. The standard InChI is InChI=1S/C30H39N3O6S/c1-18(34)31-22-10-8-19-16-26(37-2)28(38-3)29(39-4)27(19)20-9-11-23(25(35)17-21(20)22)32-24(12-15-40-5)30(36)33-13-6-7-14-33/h9,11,16-17,22,24H,6-8,10,12-15H2,1-5H3,(H,31,34)(H,32,35). The highest BCUT2D eigenvalue weighted by atomic mass is 32.2. The van der Waals surface area contributed by atoms with Gasteiger partial charge in [-0.3, -0.25) is 14.4 Å². The van der Waals surface area contributed by atoms with E-state index in [1.165, 1.54) is 6.92 Å². The SMILES string of the molecule is COc1cc2c(c(OC)c1OC)-c1ccc(NC(CCSC)C(=O)N3CCCC3)c(=O)cc1C(NC(C)=O)CC2. The van der Waals surface area contributed by atoms with Gasteiger partial charge in [-0.1, -0.05) is 6.07 Å². The van der Waals surface area contributed by atoms with E-state index in [2.05, 4.69) is 10.6 Å². The summed E-state index contributed by atoms with van der Waals surface area (Å²) < 4.78 is 17.1. The molecule has 4 rings (SSSR count). The molecule has 1 saturated heterocycles. The second-order valence-corrected chi connectivity index (χ2v) is 11.1. The molecule has 0 spiro atoms. The Kier molecular flexibility index (Phi) is 9.84. The molecular formula is C30H39N3O6S. The summed E-state index contributed by atoms with van der Waals surface area (Å²) in [6, 6.07) is 6.22. The lowest BCUT2D eigenvalue weighted by Crippen LogP contribution is -2.42. The van der Waals surface area contributed by atoms with Crippen molar-refractivity contribution in [1.82, 2.24) is 10.2 Å². The minimum Gasteiger partial charge on any atom is -0.493 e. The van der Waals surface area contributed by atoms with E-state index in [9.17, 15) is 14.4 Å². The Hall–Kier alpha value is -3.40. The van der Waals surface area contributed by atoms with Crippen LogP contribution in [0, 0.1) is 0 Å². The third-order valence-electron chi connectivity index (χ3n) is 7.57. The van der Waals surface area contributed by atoms with E-state index in [0.29, 0.717) is 47.8 Å². The Morgan fingerprint density at radius 1 is 1.07 bits per heavy atom. The second-order valence-electron chi connectivity index (χ2n) is 10.1. The zero-order valence-corrected chi connectivity index (χ0v) is 24.7. The zero-order valence-electron chi connectivity index (χ0n) is 23.9. The number of nitrogens with one attached hydrogen (secondary N) is 2. The van der Waals surface area contributed by atoms with Crippen molar-refractivity contribution >= 4 is 29.3 Å². The quantitative estimate of drug-likeness (QED) is 0.442. The predicted octanol–water partition coefficient (Wildman–Crippen LogP) is 4.02. The fraction of sp³-hybridized carbons (Fsp3) is 0.500. The average Bonchev–Trinajstić information content (AvgIpc) is 3.39. The van der Waals surface area contributed by atoms with Crippen molar-refractivity contribution < 1.29 is 23.8 Å². The van der Waals surface area contributed by atoms with Crippen LogP contribution in [0.1, 0.15) is 49.8 Å². The first-order valence-electron chi connectivity index (χ1n) is 13.6. The van der Waals surface area contributed by atoms with Gasteiger partial charge in [0.25, 0.3) is 0 Å². The highest BCUT2D eigenvalue weighted by Gasteiger charge is 2.30. The lowest BCUT2D eigenvalue weighted by molar-refractivity contribution is -0.131. The lowest BCUT2D eigenvalue weighted by Gasteiger charge is -2.24. The number of rotatable bonds is 10. The summed E-state index contributed by atoms with van der Waals surface area (Å²) >= 11 is 1.67. The number of hydrogen-bond donors (Lipinski definition) is 2. The van der Waals surface area contributed by atoms with E-state index in [-0.39, 0.29) is 17.2 Å². The van der Waals surface area contributed by atoms with E-state index in [1.54, 1.807) is 45.2 Å². The average molecular weight is 570 g/mol. The highest BCUT2D eigenvalue weighted by molar-refractivity contribution is 7.98. The van der Waals surface area contributed by atoms with Crippen molar-refractivity contribution in [2.75, 3.05) is 51.7 Å². The second kappa shape index (κ2) is 13.3. The molecule has 1 heterocycles. The van der Waals surface area contributed by atoms with Crippen LogP contribution in [0.5, 0.6) is 17.2 Å². The van der Waals surface area contributed by atoms with Crippen LogP contribution in [0.25, 0.3) is 11.1 Å². The number of amides is 2. The normalized spacial score (nSPS) is 16.7. The molecule has 9 nitrogen and oxygen atoms in total. The molecule has 2 aromatic rings. The molecule has 0 aromatic heterocycles. The van der Waals surface area contributed by atoms with Crippen molar-refractivity contribution in [2.24, 2.45) is 0 Å². The lowest BCUT2D eigenvalue weighted by atomic mass is 9.95. The number of thioether (sulfide) groups is 1. The molecule has 2 unspecified atom stereocenters. The molecule has 2 N–H and O–H groups in total. The number of nitrogens with zero attached hydrogens (tertiary/aromatic N) is 1. The first kappa shape index (κ1) is 29.6. The fourth-order valence-corrected chi connectivity index (χ4v) is 6.14. The third kappa shape index (κ3) is 6.16. The summed E-state index contributed by atoms with van der Waals surface area (Å²) in [5.74, 6) is 2.12. The van der Waals surface area contributed by atoms with Crippen molar-refractivity contribution in [3.05, 3.63) is 45.6 Å². The maximum atomic E-state index is 13.7. The highest BCUT2D eigenvalue weighted by Crippen LogP contribution is 2.50. The van der Waals surface area contributed by atoms with Crippen molar-refractivity contribution in [1.29, 1.82) is 0 Å². The number of hydrogen-bond acceptors (Lipinski definition) is 8. The van der Waals surface area contributed by atoms with Crippen LogP contribution >= 0.6 is 11.8 Å². The van der Waals surface area contributed by atoms with Gasteiger partial charge in [0.1, 0.15) is 6.04 Å². The Balaban J connectivity index is 1.87. The molecule has 1 aliphatic heterocycles. The van der Waals surface area contributed by atoms with Gasteiger partial charge in [0, 0.05) is 25.6 Å². The van der Waals surface area contributed by atoms with E-state index < -0.39 is 12.1 Å². The Labute approximate surface area is 239 Å². The molecule has 0 radical (unpaired) electrons. The Morgan fingerprint density at radius 3 is 2.42 bits per heavy atom. The largest absolute Gasteiger partial charge is 0.493 e. The van der Waals surface area contributed by atoms with Crippen LogP contribution in [0.3, 0.4) is 0 Å². The Morgan fingerprint density at radius 2 is 1.80 bits per heavy atom. The number of aryl methyl sites for hydroxylation is 1. The molecule has 2 amide bonds. The number of carbonyl (C=O) groups excluding carboxylic acids is 2. The minimum atomic E-state index is -0.502. The molecule has 0 bridgehead atoms. The molecule has 2 atom stereocenters.